The van der Waals surface area contributed by atoms with Gasteiger partial charge in [-0.05, 0) is 30.5 Å². The molecule has 1 N–H and O–H groups in total. The Kier molecular flexibility index (Phi) is 5.39. The average Bonchev–Trinajstić information content (AvgIpc) is 1.81. The number of nitrogens with zero attached hydrogens (tertiary/aromatic N) is 1. The van der Waals surface area contributed by atoms with E-state index in [1.165, 1.54) is 7.11 Å². The van der Waals surface area contributed by atoms with Crippen molar-refractivity contribution in [2.75, 3.05) is 13.7 Å². The summed E-state index contributed by atoms with van der Waals surface area (Å²) in [7, 11) is 1.52. The molecule has 0 aliphatic carbocycles. The zero-order chi connectivity index (χ0) is 8.15. The van der Waals surface area contributed by atoms with Gasteiger partial charge in [0.25, 0.3) is 0 Å². The Labute approximate surface area is 70.7 Å². The summed E-state index contributed by atoms with van der Waals surface area (Å²) in [4.78, 5) is 0. The van der Waals surface area contributed by atoms with Crippen LogP contribution in [0.4, 0.5) is 0 Å². The molecule has 0 aromatic rings. The lowest BCUT2D eigenvalue weighted by molar-refractivity contribution is 0.0693. The van der Waals surface area contributed by atoms with Crippen LogP contribution in [0.2, 0.25) is 0 Å². The van der Waals surface area contributed by atoms with Gasteiger partial charge >= 0.3 is 0 Å². The molecule has 62 valence electrons. The van der Waals surface area contributed by atoms with Crippen molar-refractivity contribution in [1.82, 2.24) is 3.94 Å². The fourth-order valence-corrected chi connectivity index (χ4v) is 0.968. The van der Waals surface area contributed by atoms with Crippen molar-refractivity contribution in [3.63, 3.8) is 0 Å². The van der Waals surface area contributed by atoms with Crippen LogP contribution in [-0.4, -0.2) is 34.9 Å². The highest BCUT2D eigenvalue weighted by molar-refractivity contribution is 6.34. The Morgan fingerprint density at radius 1 is 1.60 bits per heavy atom. The van der Waals surface area contributed by atoms with Gasteiger partial charge in [0.15, 0.2) is 0 Å². The first-order chi connectivity index (χ1) is 4.59. The Balaban J connectivity index is 3.73. The van der Waals surface area contributed by atoms with Gasteiger partial charge in [0.1, 0.15) is 0 Å². The van der Waals surface area contributed by atoms with Crippen molar-refractivity contribution in [3.05, 3.63) is 0 Å². The minimum Gasteiger partial charge on any atom is -0.392 e. The second kappa shape index (κ2) is 5.16. The topological polar surface area (TPSA) is 32.7 Å². The number of methoxy groups -OCH3 is 1. The maximum absolute atomic E-state index is 9.02. The second-order valence-corrected chi connectivity index (χ2v) is 2.92. The number of rotatable bonds is 4. The van der Waals surface area contributed by atoms with Gasteiger partial charge in [0, 0.05) is 7.11 Å². The van der Waals surface area contributed by atoms with Crippen molar-refractivity contribution in [1.29, 1.82) is 0 Å². The molecule has 2 unspecified atom stereocenters. The fourth-order valence-electron chi connectivity index (χ4n) is 0.529. The van der Waals surface area contributed by atoms with Crippen LogP contribution in [0.5, 0.6) is 0 Å². The van der Waals surface area contributed by atoms with E-state index in [1.807, 2.05) is 0 Å². The van der Waals surface area contributed by atoms with Crippen LogP contribution in [0.15, 0.2) is 0 Å². The Bertz CT molecular complexity index is 81.7. The van der Waals surface area contributed by atoms with Crippen molar-refractivity contribution in [3.8, 4) is 0 Å². The molecule has 0 aromatic carbocycles. The number of hydrogen-bond donors (Lipinski definition) is 1. The van der Waals surface area contributed by atoms with Crippen LogP contribution in [0.3, 0.4) is 0 Å². The van der Waals surface area contributed by atoms with Crippen LogP contribution in [0.25, 0.3) is 0 Å². The van der Waals surface area contributed by atoms with Crippen molar-refractivity contribution in [2.24, 2.45) is 0 Å². The first-order valence-electron chi connectivity index (χ1n) is 2.87. The van der Waals surface area contributed by atoms with Crippen LogP contribution in [0, 0.1) is 0 Å². The first-order valence-corrected chi connectivity index (χ1v) is 3.55. The third kappa shape index (κ3) is 3.58. The monoisotopic (exact) mass is 187 g/mol. The molecule has 0 amide bonds. The van der Waals surface area contributed by atoms with Gasteiger partial charge in [-0.3, -0.25) is 0 Å². The lowest BCUT2D eigenvalue weighted by atomic mass is 10.2. The third-order valence-corrected chi connectivity index (χ3v) is 1.65. The molecule has 0 radical (unpaired) electrons. The predicted molar refractivity (Wildman–Crippen MR) is 40.9 cm³/mol. The molecule has 0 saturated heterocycles. The van der Waals surface area contributed by atoms with Gasteiger partial charge in [-0.2, -0.15) is 0 Å². The van der Waals surface area contributed by atoms with Crippen LogP contribution in [0.1, 0.15) is 6.92 Å². The van der Waals surface area contributed by atoms with Crippen molar-refractivity contribution < 1.29 is 9.84 Å². The molecule has 0 aromatic heterocycles. The van der Waals surface area contributed by atoms with Gasteiger partial charge in [-0.1, -0.05) is 0 Å². The van der Waals surface area contributed by atoms with Crippen LogP contribution < -0.4 is 0 Å². The number of ether oxygens (including phenoxy) is 1. The fraction of sp³-hybridized carbons (Fsp3) is 1.00. The summed E-state index contributed by atoms with van der Waals surface area (Å²) >= 11 is 10.8. The summed E-state index contributed by atoms with van der Waals surface area (Å²) in [6.07, 6.45) is -0.602. The van der Waals surface area contributed by atoms with E-state index in [1.54, 1.807) is 6.92 Å². The van der Waals surface area contributed by atoms with Crippen molar-refractivity contribution in [2.45, 2.75) is 19.1 Å². The molecular formula is C5H11Cl2NO2. The predicted octanol–water partition coefficient (Wildman–Crippen LogP) is 0.992. The zero-order valence-electron chi connectivity index (χ0n) is 5.92. The minimum atomic E-state index is -0.602. The van der Waals surface area contributed by atoms with Gasteiger partial charge in [-0.25, -0.2) is 0 Å². The molecule has 0 rings (SSSR count). The maximum atomic E-state index is 9.02. The van der Waals surface area contributed by atoms with E-state index in [2.05, 4.69) is 0 Å². The second-order valence-electron chi connectivity index (χ2n) is 2.02. The number of halogens is 2. The zero-order valence-corrected chi connectivity index (χ0v) is 7.43. The standard InChI is InChI=1S/C5H11Cl2NO2/c1-4(9)5(3-10-2)8(6)7/h4-5,9H,3H2,1-2H3. The first kappa shape index (κ1) is 10.5. The number of aliphatic hydroxyl groups excluding tert-OH is 1. The lowest BCUT2D eigenvalue weighted by Gasteiger charge is -2.20. The van der Waals surface area contributed by atoms with Crippen LogP contribution >= 0.6 is 23.6 Å². The highest BCUT2D eigenvalue weighted by Gasteiger charge is 2.19. The summed E-state index contributed by atoms with van der Waals surface area (Å²) < 4.78 is 5.65. The molecular weight excluding hydrogens is 177 g/mol. The SMILES string of the molecule is COCC(C(C)O)N(Cl)Cl. The van der Waals surface area contributed by atoms with E-state index in [-0.39, 0.29) is 6.04 Å². The van der Waals surface area contributed by atoms with E-state index in [0.29, 0.717) is 6.61 Å². The average molecular weight is 188 g/mol. The summed E-state index contributed by atoms with van der Waals surface area (Å²) in [5, 5.41) is 9.02. The van der Waals surface area contributed by atoms with E-state index < -0.39 is 6.10 Å². The molecule has 0 heterocycles. The highest BCUT2D eigenvalue weighted by Crippen LogP contribution is 2.11. The Hall–Kier alpha value is 0.460. The van der Waals surface area contributed by atoms with Crippen LogP contribution in [-0.2, 0) is 4.74 Å². The quantitative estimate of drug-likeness (QED) is 0.667. The van der Waals surface area contributed by atoms with Crippen molar-refractivity contribution >= 4 is 23.6 Å². The summed E-state index contributed by atoms with van der Waals surface area (Å²) in [6.45, 7) is 1.91. The van der Waals surface area contributed by atoms with E-state index in [9.17, 15) is 0 Å². The van der Waals surface area contributed by atoms with Gasteiger partial charge in [0.05, 0.1) is 18.8 Å². The van der Waals surface area contributed by atoms with Gasteiger partial charge in [-0.15, -0.1) is 3.94 Å². The van der Waals surface area contributed by atoms with E-state index in [0.717, 1.165) is 3.94 Å². The maximum Gasteiger partial charge on any atom is 0.0905 e. The highest BCUT2D eigenvalue weighted by atomic mass is 35.5. The number of hydrogen-bond acceptors (Lipinski definition) is 3. The van der Waals surface area contributed by atoms with Gasteiger partial charge in [0.2, 0.25) is 0 Å². The molecule has 0 spiro atoms. The summed E-state index contributed by atoms with van der Waals surface area (Å²) in [5.41, 5.74) is 0. The molecule has 0 aliphatic heterocycles. The molecule has 0 saturated carbocycles. The Morgan fingerprint density at radius 3 is 2.20 bits per heavy atom. The normalized spacial score (nSPS) is 17.4. The molecule has 2 atom stereocenters. The largest absolute Gasteiger partial charge is 0.392 e. The molecule has 0 bridgehead atoms. The minimum absolute atomic E-state index is 0.310. The third-order valence-electron chi connectivity index (χ3n) is 1.14. The molecule has 3 nitrogen and oxygen atoms in total. The van der Waals surface area contributed by atoms with E-state index >= 15 is 0 Å². The Morgan fingerprint density at radius 2 is 2.10 bits per heavy atom. The number of aliphatic hydroxyl groups is 1. The molecule has 0 fully saturated rings. The smallest absolute Gasteiger partial charge is 0.0905 e. The molecule has 5 heteroatoms. The molecule has 10 heavy (non-hydrogen) atoms. The molecule has 0 aliphatic rings. The summed E-state index contributed by atoms with van der Waals surface area (Å²) in [6, 6.07) is -0.367. The lowest BCUT2D eigenvalue weighted by Crippen LogP contribution is -2.35. The summed E-state index contributed by atoms with van der Waals surface area (Å²) in [5.74, 6) is 0. The van der Waals surface area contributed by atoms with E-state index in [4.69, 9.17) is 33.4 Å². The van der Waals surface area contributed by atoms with Gasteiger partial charge < -0.3 is 9.84 Å².